The summed E-state index contributed by atoms with van der Waals surface area (Å²) in [6.45, 7) is 10.7. The zero-order valence-electron chi connectivity index (χ0n) is 16.4. The Labute approximate surface area is 170 Å². The van der Waals surface area contributed by atoms with Gasteiger partial charge in [-0.3, -0.25) is 9.59 Å². The standard InChI is InChI=1S/C18H28ClN5O2S/c1-5-17(26)24-7-6-23(10-13(24)4)15-8-14(19)21-18(22-15)27-11-16(25)20-9-12(2)3/h8,12-13H,5-7,9-11H2,1-4H3,(H,20,25)/t13-/m0/s1. The van der Waals surface area contributed by atoms with Crippen LogP contribution in [0.1, 0.15) is 34.1 Å². The Hall–Kier alpha value is -1.54. The summed E-state index contributed by atoms with van der Waals surface area (Å²) in [5.41, 5.74) is 0. The maximum absolute atomic E-state index is 12.0. The fourth-order valence-electron chi connectivity index (χ4n) is 2.85. The molecule has 1 atom stereocenters. The van der Waals surface area contributed by atoms with Crippen LogP contribution in [0.15, 0.2) is 11.2 Å². The Morgan fingerprint density at radius 3 is 2.74 bits per heavy atom. The van der Waals surface area contributed by atoms with E-state index < -0.39 is 0 Å². The quantitative estimate of drug-likeness (QED) is 0.420. The molecule has 0 radical (unpaired) electrons. The summed E-state index contributed by atoms with van der Waals surface area (Å²) in [5.74, 6) is 1.52. The Bertz CT molecular complexity index is 673. The van der Waals surface area contributed by atoms with Crippen LogP contribution in [0.4, 0.5) is 5.82 Å². The molecule has 0 aliphatic carbocycles. The summed E-state index contributed by atoms with van der Waals surface area (Å²) < 4.78 is 0. The number of hydrogen-bond acceptors (Lipinski definition) is 6. The Morgan fingerprint density at radius 2 is 2.11 bits per heavy atom. The average molecular weight is 414 g/mol. The van der Waals surface area contributed by atoms with E-state index in [1.165, 1.54) is 11.8 Å². The summed E-state index contributed by atoms with van der Waals surface area (Å²) >= 11 is 7.44. The number of nitrogens with zero attached hydrogens (tertiary/aromatic N) is 4. The van der Waals surface area contributed by atoms with Crippen molar-refractivity contribution in [2.75, 3.05) is 36.8 Å². The van der Waals surface area contributed by atoms with Gasteiger partial charge in [-0.1, -0.05) is 44.1 Å². The van der Waals surface area contributed by atoms with Gasteiger partial charge in [0.1, 0.15) is 11.0 Å². The van der Waals surface area contributed by atoms with E-state index in [2.05, 4.69) is 34.0 Å². The lowest BCUT2D eigenvalue weighted by Crippen LogP contribution is -2.54. The first-order valence-corrected chi connectivity index (χ1v) is 10.6. The highest BCUT2D eigenvalue weighted by Gasteiger charge is 2.27. The van der Waals surface area contributed by atoms with E-state index in [1.807, 2.05) is 18.7 Å². The van der Waals surface area contributed by atoms with Crippen LogP contribution in [0.25, 0.3) is 0 Å². The number of amides is 2. The molecule has 0 spiro atoms. The van der Waals surface area contributed by atoms with Gasteiger partial charge in [0, 0.05) is 44.7 Å². The number of rotatable bonds is 7. The third-order valence-corrected chi connectivity index (χ3v) is 5.32. The van der Waals surface area contributed by atoms with E-state index in [0.717, 1.165) is 5.82 Å². The normalized spacial score (nSPS) is 17.3. The highest BCUT2D eigenvalue weighted by molar-refractivity contribution is 7.99. The number of nitrogens with one attached hydrogen (secondary N) is 1. The van der Waals surface area contributed by atoms with Crippen LogP contribution in [-0.2, 0) is 9.59 Å². The first-order valence-electron chi connectivity index (χ1n) is 9.28. The van der Waals surface area contributed by atoms with Gasteiger partial charge in [-0.2, -0.15) is 0 Å². The second-order valence-electron chi connectivity index (χ2n) is 7.05. The Morgan fingerprint density at radius 1 is 1.37 bits per heavy atom. The number of anilines is 1. The number of carbonyl (C=O) groups is 2. The Balaban J connectivity index is 1.99. The van der Waals surface area contributed by atoms with Gasteiger partial charge in [0.05, 0.1) is 5.75 Å². The molecule has 0 aromatic carbocycles. The second kappa shape index (κ2) is 10.1. The van der Waals surface area contributed by atoms with Gasteiger partial charge in [-0.05, 0) is 12.8 Å². The monoisotopic (exact) mass is 413 g/mol. The number of hydrogen-bond donors (Lipinski definition) is 1. The fraction of sp³-hybridized carbons (Fsp3) is 0.667. The molecular weight excluding hydrogens is 386 g/mol. The first-order chi connectivity index (χ1) is 12.8. The molecule has 1 aromatic heterocycles. The van der Waals surface area contributed by atoms with Gasteiger partial charge >= 0.3 is 0 Å². The molecule has 1 aliphatic rings. The maximum Gasteiger partial charge on any atom is 0.230 e. The summed E-state index contributed by atoms with van der Waals surface area (Å²) in [6, 6.07) is 1.84. The SMILES string of the molecule is CCC(=O)N1CCN(c2cc(Cl)nc(SCC(=O)NCC(C)C)n2)C[C@@H]1C. The summed E-state index contributed by atoms with van der Waals surface area (Å²) in [4.78, 5) is 36.7. The lowest BCUT2D eigenvalue weighted by molar-refractivity contribution is -0.133. The van der Waals surface area contributed by atoms with Gasteiger partial charge in [0.2, 0.25) is 11.8 Å². The third kappa shape index (κ3) is 6.53. The van der Waals surface area contributed by atoms with E-state index in [0.29, 0.717) is 48.8 Å². The molecule has 9 heteroatoms. The molecule has 2 heterocycles. The van der Waals surface area contributed by atoms with Crippen LogP contribution < -0.4 is 10.2 Å². The van der Waals surface area contributed by atoms with Crippen molar-refractivity contribution in [1.82, 2.24) is 20.2 Å². The number of piperazine rings is 1. The molecule has 0 unspecified atom stereocenters. The van der Waals surface area contributed by atoms with Crippen molar-refractivity contribution < 1.29 is 9.59 Å². The number of halogens is 1. The van der Waals surface area contributed by atoms with Crippen LogP contribution in [-0.4, -0.2) is 64.7 Å². The van der Waals surface area contributed by atoms with E-state index >= 15 is 0 Å². The molecule has 7 nitrogen and oxygen atoms in total. The van der Waals surface area contributed by atoms with Crippen molar-refractivity contribution in [3.8, 4) is 0 Å². The van der Waals surface area contributed by atoms with Crippen molar-refractivity contribution in [2.45, 2.75) is 45.3 Å². The van der Waals surface area contributed by atoms with Gasteiger partial charge in [-0.15, -0.1) is 0 Å². The van der Waals surface area contributed by atoms with Crippen LogP contribution in [0.2, 0.25) is 5.15 Å². The van der Waals surface area contributed by atoms with Crippen LogP contribution in [0, 0.1) is 5.92 Å². The van der Waals surface area contributed by atoms with Crippen LogP contribution in [0.3, 0.4) is 0 Å². The van der Waals surface area contributed by atoms with Gasteiger partial charge in [-0.25, -0.2) is 9.97 Å². The number of aromatic nitrogens is 2. The minimum absolute atomic E-state index is 0.0425. The molecular formula is C18H28ClN5O2S. The van der Waals surface area contributed by atoms with Crippen molar-refractivity contribution in [1.29, 1.82) is 0 Å². The lowest BCUT2D eigenvalue weighted by Gasteiger charge is -2.40. The third-order valence-electron chi connectivity index (χ3n) is 4.27. The van der Waals surface area contributed by atoms with Gasteiger partial charge < -0.3 is 15.1 Å². The minimum Gasteiger partial charge on any atom is -0.355 e. The largest absolute Gasteiger partial charge is 0.355 e. The first kappa shape index (κ1) is 21.8. The molecule has 1 aromatic rings. The van der Waals surface area contributed by atoms with Crippen molar-refractivity contribution in [3.63, 3.8) is 0 Å². The summed E-state index contributed by atoms with van der Waals surface area (Å²) in [6.07, 6.45) is 0.517. The van der Waals surface area contributed by atoms with Crippen molar-refractivity contribution in [3.05, 3.63) is 11.2 Å². The predicted molar refractivity (Wildman–Crippen MR) is 109 cm³/mol. The highest BCUT2D eigenvalue weighted by Crippen LogP contribution is 2.24. The average Bonchev–Trinajstić information content (AvgIpc) is 2.63. The van der Waals surface area contributed by atoms with E-state index in [1.54, 1.807) is 6.07 Å². The lowest BCUT2D eigenvalue weighted by atomic mass is 10.1. The fourth-order valence-corrected chi connectivity index (χ4v) is 3.76. The highest BCUT2D eigenvalue weighted by atomic mass is 35.5. The van der Waals surface area contributed by atoms with Gasteiger partial charge in [0.15, 0.2) is 5.16 Å². The van der Waals surface area contributed by atoms with Gasteiger partial charge in [0.25, 0.3) is 0 Å². The maximum atomic E-state index is 12.0. The topological polar surface area (TPSA) is 78.4 Å². The Kier molecular flexibility index (Phi) is 8.16. The summed E-state index contributed by atoms with van der Waals surface area (Å²) in [5, 5.41) is 3.71. The molecule has 27 heavy (non-hydrogen) atoms. The molecule has 1 aliphatic heterocycles. The van der Waals surface area contributed by atoms with Crippen molar-refractivity contribution in [2.24, 2.45) is 5.92 Å². The zero-order chi connectivity index (χ0) is 20.0. The van der Waals surface area contributed by atoms with Crippen LogP contribution >= 0.6 is 23.4 Å². The van der Waals surface area contributed by atoms with E-state index in [4.69, 9.17) is 11.6 Å². The molecule has 2 rings (SSSR count). The number of carbonyl (C=O) groups excluding carboxylic acids is 2. The second-order valence-corrected chi connectivity index (χ2v) is 8.38. The molecule has 0 bridgehead atoms. The molecule has 1 fully saturated rings. The molecule has 1 saturated heterocycles. The molecule has 1 N–H and O–H groups in total. The molecule has 2 amide bonds. The van der Waals surface area contributed by atoms with E-state index in [9.17, 15) is 9.59 Å². The zero-order valence-corrected chi connectivity index (χ0v) is 17.9. The predicted octanol–water partition coefficient (Wildman–Crippen LogP) is 2.44. The molecule has 150 valence electrons. The summed E-state index contributed by atoms with van der Waals surface area (Å²) in [7, 11) is 0. The van der Waals surface area contributed by atoms with Crippen LogP contribution in [0.5, 0.6) is 0 Å². The number of thioether (sulfide) groups is 1. The smallest absolute Gasteiger partial charge is 0.230 e. The van der Waals surface area contributed by atoms with Crippen molar-refractivity contribution >= 4 is 41.0 Å². The van der Waals surface area contributed by atoms with E-state index in [-0.39, 0.29) is 23.6 Å². The molecule has 0 saturated carbocycles. The minimum atomic E-state index is -0.0425.